The van der Waals surface area contributed by atoms with Gasteiger partial charge in [-0.2, -0.15) is 0 Å². The van der Waals surface area contributed by atoms with E-state index in [1.54, 1.807) is 0 Å². The second kappa shape index (κ2) is 2.93. The molecule has 3 N–H and O–H groups in total. The van der Waals surface area contributed by atoms with Crippen LogP contribution in [0.15, 0.2) is 18.2 Å². The van der Waals surface area contributed by atoms with Crippen LogP contribution in [0.3, 0.4) is 0 Å². The quantitative estimate of drug-likeness (QED) is 0.372. The zero-order valence-corrected chi connectivity index (χ0v) is 7.02. The van der Waals surface area contributed by atoms with Gasteiger partial charge >= 0.3 is 7.12 Å². The summed E-state index contributed by atoms with van der Waals surface area (Å²) in [6.07, 6.45) is 0. The van der Waals surface area contributed by atoms with Gasteiger partial charge in [-0.3, -0.25) is 9.59 Å². The Morgan fingerprint density at radius 1 is 1.21 bits per heavy atom. The summed E-state index contributed by atoms with van der Waals surface area (Å²) in [5, 5.41) is 20.2. The molecule has 1 aromatic carbocycles. The Kier molecular flexibility index (Phi) is 1.87. The molecular weight excluding hydrogens is 185 g/mol. The van der Waals surface area contributed by atoms with E-state index in [-0.39, 0.29) is 16.7 Å². The highest BCUT2D eigenvalue weighted by Gasteiger charge is 2.32. The maximum absolute atomic E-state index is 11.2. The Balaban J connectivity index is 2.61. The molecule has 1 amide bonds. The van der Waals surface area contributed by atoms with Crippen LogP contribution in [0, 0.1) is 0 Å². The standard InChI is InChI=1S/C8H6BNO4/c11-7-4-2-1-3-5(9(13)14)6(4)10-8(7)12/h1-3,13-14H,(H,10,11,12). The molecule has 14 heavy (non-hydrogen) atoms. The van der Waals surface area contributed by atoms with Crippen molar-refractivity contribution in [1.29, 1.82) is 0 Å². The van der Waals surface area contributed by atoms with Gasteiger partial charge in [-0.25, -0.2) is 0 Å². The lowest BCUT2D eigenvalue weighted by Gasteiger charge is -2.04. The van der Waals surface area contributed by atoms with Crippen molar-refractivity contribution < 1.29 is 19.6 Å². The van der Waals surface area contributed by atoms with Crippen molar-refractivity contribution in [3.05, 3.63) is 23.8 Å². The number of Topliss-reactive ketones (excluding diaryl/α,β-unsaturated/α-hetero) is 1. The third kappa shape index (κ3) is 1.12. The number of benzene rings is 1. The van der Waals surface area contributed by atoms with Crippen LogP contribution in [0.2, 0.25) is 0 Å². The minimum Gasteiger partial charge on any atom is -0.423 e. The van der Waals surface area contributed by atoms with Gasteiger partial charge in [0.15, 0.2) is 0 Å². The third-order valence-corrected chi connectivity index (χ3v) is 2.06. The smallest absolute Gasteiger partial charge is 0.423 e. The lowest BCUT2D eigenvalue weighted by molar-refractivity contribution is -0.112. The molecular formula is C8H6BNO4. The molecule has 1 aliphatic rings. The van der Waals surface area contributed by atoms with Gasteiger partial charge in [0.05, 0.1) is 11.3 Å². The lowest BCUT2D eigenvalue weighted by atomic mass is 9.78. The highest BCUT2D eigenvalue weighted by molar-refractivity contribution is 6.63. The number of hydrogen-bond acceptors (Lipinski definition) is 4. The molecule has 0 fully saturated rings. The fourth-order valence-electron chi connectivity index (χ4n) is 1.41. The van der Waals surface area contributed by atoms with Gasteiger partial charge in [-0.15, -0.1) is 0 Å². The largest absolute Gasteiger partial charge is 0.490 e. The number of fused-ring (bicyclic) bond motifs is 1. The first-order chi connectivity index (χ1) is 6.61. The highest BCUT2D eigenvalue weighted by atomic mass is 16.4. The number of anilines is 1. The van der Waals surface area contributed by atoms with Crippen LogP contribution < -0.4 is 10.8 Å². The lowest BCUT2D eigenvalue weighted by Crippen LogP contribution is -2.32. The fourth-order valence-corrected chi connectivity index (χ4v) is 1.41. The topological polar surface area (TPSA) is 86.6 Å². The SMILES string of the molecule is O=C1Nc2c(B(O)O)cccc2C1=O. The summed E-state index contributed by atoms with van der Waals surface area (Å²) in [7, 11) is -1.70. The number of ketones is 1. The Bertz CT molecular complexity index is 429. The molecule has 1 aliphatic heterocycles. The summed E-state index contributed by atoms with van der Waals surface area (Å²) in [5.74, 6) is -1.39. The van der Waals surface area contributed by atoms with Crippen LogP contribution in [0.4, 0.5) is 5.69 Å². The van der Waals surface area contributed by atoms with E-state index in [0.29, 0.717) is 0 Å². The number of carbonyl (C=O) groups is 2. The summed E-state index contributed by atoms with van der Waals surface area (Å²) >= 11 is 0. The molecule has 70 valence electrons. The molecule has 5 nitrogen and oxygen atoms in total. The van der Waals surface area contributed by atoms with E-state index in [1.807, 2.05) is 0 Å². The molecule has 0 aromatic heterocycles. The van der Waals surface area contributed by atoms with E-state index in [1.165, 1.54) is 18.2 Å². The first-order valence-electron chi connectivity index (χ1n) is 3.96. The fraction of sp³-hybridized carbons (Fsp3) is 0. The Morgan fingerprint density at radius 2 is 1.93 bits per heavy atom. The van der Waals surface area contributed by atoms with Crippen molar-refractivity contribution in [3.63, 3.8) is 0 Å². The molecule has 0 aliphatic carbocycles. The van der Waals surface area contributed by atoms with Gasteiger partial charge in [0, 0.05) is 5.46 Å². The third-order valence-electron chi connectivity index (χ3n) is 2.06. The summed E-state index contributed by atoms with van der Waals surface area (Å²) in [4.78, 5) is 22.2. The maximum Gasteiger partial charge on any atom is 0.490 e. The summed E-state index contributed by atoms with van der Waals surface area (Å²) < 4.78 is 0. The van der Waals surface area contributed by atoms with E-state index >= 15 is 0 Å². The van der Waals surface area contributed by atoms with Crippen LogP contribution >= 0.6 is 0 Å². The molecule has 1 heterocycles. The Labute approximate surface area is 79.5 Å². The van der Waals surface area contributed by atoms with Gasteiger partial charge in [0.25, 0.3) is 11.7 Å². The first-order valence-corrected chi connectivity index (χ1v) is 3.96. The molecule has 0 unspecified atom stereocenters. The van der Waals surface area contributed by atoms with E-state index in [9.17, 15) is 9.59 Å². The van der Waals surface area contributed by atoms with E-state index in [0.717, 1.165) is 0 Å². The second-order valence-electron chi connectivity index (χ2n) is 2.93. The molecule has 0 saturated carbocycles. The van der Waals surface area contributed by atoms with Crippen molar-refractivity contribution in [2.45, 2.75) is 0 Å². The molecule has 0 radical (unpaired) electrons. The highest BCUT2D eigenvalue weighted by Crippen LogP contribution is 2.20. The van der Waals surface area contributed by atoms with E-state index in [4.69, 9.17) is 10.0 Å². The maximum atomic E-state index is 11.2. The molecule has 6 heteroatoms. The second-order valence-corrected chi connectivity index (χ2v) is 2.93. The predicted molar refractivity (Wildman–Crippen MR) is 49.2 cm³/mol. The number of hydrogen-bond donors (Lipinski definition) is 3. The summed E-state index contributed by atoms with van der Waals surface area (Å²) in [6, 6.07) is 4.38. The zero-order chi connectivity index (χ0) is 10.3. The van der Waals surface area contributed by atoms with Crippen molar-refractivity contribution >= 4 is 30.0 Å². The van der Waals surface area contributed by atoms with Gasteiger partial charge in [-0.05, 0) is 6.07 Å². The molecule has 0 saturated heterocycles. The molecule has 0 atom stereocenters. The first kappa shape index (κ1) is 8.92. The number of para-hydroxylation sites is 1. The number of carbonyl (C=O) groups excluding carboxylic acids is 2. The van der Waals surface area contributed by atoms with Crippen molar-refractivity contribution in [1.82, 2.24) is 0 Å². The minimum absolute atomic E-state index is 0.127. The molecule has 0 spiro atoms. The van der Waals surface area contributed by atoms with Crippen LogP contribution in [0.1, 0.15) is 10.4 Å². The van der Waals surface area contributed by atoms with Crippen molar-refractivity contribution in [3.8, 4) is 0 Å². The van der Waals surface area contributed by atoms with Crippen LogP contribution in [0.5, 0.6) is 0 Å². The number of amides is 1. The van der Waals surface area contributed by atoms with Gasteiger partial charge < -0.3 is 15.4 Å². The van der Waals surface area contributed by atoms with Gasteiger partial charge in [0.2, 0.25) is 0 Å². The van der Waals surface area contributed by atoms with Gasteiger partial charge in [0.1, 0.15) is 0 Å². The van der Waals surface area contributed by atoms with Crippen LogP contribution in [0.25, 0.3) is 0 Å². The summed E-state index contributed by atoms with van der Waals surface area (Å²) in [6.45, 7) is 0. The van der Waals surface area contributed by atoms with E-state index < -0.39 is 18.8 Å². The molecule has 0 bridgehead atoms. The zero-order valence-electron chi connectivity index (χ0n) is 7.02. The van der Waals surface area contributed by atoms with Crippen molar-refractivity contribution in [2.75, 3.05) is 5.32 Å². The number of nitrogens with one attached hydrogen (secondary N) is 1. The summed E-state index contributed by atoms with van der Waals surface area (Å²) in [5.41, 5.74) is 0.500. The average Bonchev–Trinajstić information content (AvgIpc) is 2.43. The Morgan fingerprint density at radius 3 is 2.57 bits per heavy atom. The van der Waals surface area contributed by atoms with Gasteiger partial charge in [-0.1, -0.05) is 12.1 Å². The molecule has 1 aromatic rings. The van der Waals surface area contributed by atoms with Crippen LogP contribution in [-0.4, -0.2) is 28.9 Å². The van der Waals surface area contributed by atoms with Crippen molar-refractivity contribution in [2.24, 2.45) is 0 Å². The molecule has 2 rings (SSSR count). The monoisotopic (exact) mass is 191 g/mol. The normalized spacial score (nSPS) is 13.9. The minimum atomic E-state index is -1.70. The van der Waals surface area contributed by atoms with Crippen LogP contribution in [-0.2, 0) is 4.79 Å². The Hall–Kier alpha value is -1.66. The number of rotatable bonds is 1. The predicted octanol–water partition coefficient (Wildman–Crippen LogP) is -1.50. The average molecular weight is 191 g/mol. The van der Waals surface area contributed by atoms with E-state index in [2.05, 4.69) is 5.32 Å².